The van der Waals surface area contributed by atoms with Crippen LogP contribution in [0.3, 0.4) is 0 Å². The average molecular weight is 952 g/mol. The number of rotatable bonds is 19. The summed E-state index contributed by atoms with van der Waals surface area (Å²) < 4.78 is 11.7. The smallest absolute Gasteiger partial charge is 0.276 e. The van der Waals surface area contributed by atoms with Crippen LogP contribution in [-0.4, -0.2) is 119 Å². The lowest BCUT2D eigenvalue weighted by atomic mass is 10.1. The highest BCUT2D eigenvalue weighted by atomic mass is 32.2. The van der Waals surface area contributed by atoms with Gasteiger partial charge in [0.2, 0.25) is 29.6 Å². The van der Waals surface area contributed by atoms with Crippen LogP contribution in [0.25, 0.3) is 22.1 Å². The quantitative estimate of drug-likeness (QED) is 0.0448. The highest BCUT2D eigenvalue weighted by molar-refractivity contribution is 7.98. The van der Waals surface area contributed by atoms with Gasteiger partial charge in [0.1, 0.15) is 21.8 Å². The molecular formula is C46H57N13O6S2. The molecule has 4 aromatic heterocycles. The van der Waals surface area contributed by atoms with Gasteiger partial charge in [-0.1, -0.05) is 32.9 Å². The molecule has 1 aliphatic heterocycles. The van der Waals surface area contributed by atoms with E-state index in [1.165, 1.54) is 23.1 Å². The number of amides is 5. The van der Waals surface area contributed by atoms with Crippen LogP contribution in [0.2, 0.25) is 0 Å². The van der Waals surface area contributed by atoms with E-state index in [9.17, 15) is 24.0 Å². The maximum atomic E-state index is 13.9. The Bertz CT molecular complexity index is 2880. The SMILES string of the molecule is CCc1nc(C)sc1C(=O)Nc1nc2cc(C(N)=O)cc(SC)c2n1C/C=C/Cn1c(NC(=O)c2cc(C)nn2CC)nc2cc(C(N)=O)cc(OCCCN3CCN(C(=O)C(C)C)CC3)c21. The summed E-state index contributed by atoms with van der Waals surface area (Å²) in [5, 5.41) is 11.2. The molecule has 0 aliphatic carbocycles. The molecule has 7 rings (SSSR count). The maximum Gasteiger partial charge on any atom is 0.276 e. The van der Waals surface area contributed by atoms with Gasteiger partial charge in [0.25, 0.3) is 11.8 Å². The normalized spacial score (nSPS) is 13.3. The van der Waals surface area contributed by atoms with Crippen molar-refractivity contribution in [3.63, 3.8) is 0 Å². The summed E-state index contributed by atoms with van der Waals surface area (Å²) in [4.78, 5) is 84.8. The Morgan fingerprint density at radius 1 is 0.836 bits per heavy atom. The van der Waals surface area contributed by atoms with E-state index in [1.54, 1.807) is 39.6 Å². The van der Waals surface area contributed by atoms with E-state index in [1.807, 2.05) is 69.4 Å². The van der Waals surface area contributed by atoms with Gasteiger partial charge in [-0.3, -0.25) is 44.2 Å². The van der Waals surface area contributed by atoms with Gasteiger partial charge in [0.05, 0.1) is 39.6 Å². The number of aryl methyl sites for hydroxylation is 4. The largest absolute Gasteiger partial charge is 0.491 e. The molecule has 2 aromatic carbocycles. The van der Waals surface area contributed by atoms with E-state index in [-0.39, 0.29) is 53.8 Å². The van der Waals surface area contributed by atoms with Gasteiger partial charge in [0.15, 0.2) is 0 Å². The second kappa shape index (κ2) is 20.9. The Morgan fingerprint density at radius 2 is 1.45 bits per heavy atom. The van der Waals surface area contributed by atoms with E-state index >= 15 is 0 Å². The van der Waals surface area contributed by atoms with Gasteiger partial charge in [0, 0.05) is 74.3 Å². The molecule has 0 spiro atoms. The molecule has 354 valence electrons. The third-order valence-corrected chi connectivity index (χ3v) is 13.2. The number of fused-ring (bicyclic) bond motifs is 2. The number of anilines is 2. The summed E-state index contributed by atoms with van der Waals surface area (Å²) in [6.07, 6.45) is 6.92. The molecule has 6 N–H and O–H groups in total. The zero-order valence-electron chi connectivity index (χ0n) is 38.8. The second-order valence-electron chi connectivity index (χ2n) is 16.5. The Kier molecular flexibility index (Phi) is 15.1. The van der Waals surface area contributed by atoms with Crippen LogP contribution in [-0.2, 0) is 30.8 Å². The van der Waals surface area contributed by atoms with Crippen LogP contribution in [0.4, 0.5) is 11.9 Å². The first-order valence-corrected chi connectivity index (χ1v) is 24.3. The van der Waals surface area contributed by atoms with E-state index in [4.69, 9.17) is 26.2 Å². The zero-order chi connectivity index (χ0) is 48.1. The standard InChI is InChI=1S/C46H57N13O6S2/c1-8-31-39(67-28(6)49-31)43(63)53-46-51-33-23-30(41(48)61)25-36(66-7)38(33)58(46)15-11-10-14-57-37-32(50-45(57)52-42(62)34-21-27(5)54-59(34)9-2)22-29(40(47)60)24-35(37)65-20-12-13-55-16-18-56(19-17-55)44(64)26(3)4/h10-11,21-26H,8-9,12-20H2,1-7H3,(H2,47,60)(H2,48,61)(H,50,52,62)(H,51,53,63)/b11-10+. The maximum absolute atomic E-state index is 13.9. The molecule has 21 heteroatoms. The topological polar surface area (TPSA) is 244 Å². The fourth-order valence-corrected chi connectivity index (χ4v) is 9.68. The van der Waals surface area contributed by atoms with Crippen LogP contribution >= 0.6 is 23.1 Å². The molecule has 5 heterocycles. The molecule has 0 bridgehead atoms. The summed E-state index contributed by atoms with van der Waals surface area (Å²) in [6, 6.07) is 8.19. The zero-order valence-corrected chi connectivity index (χ0v) is 40.5. The number of nitrogens with zero attached hydrogens (tertiary/aromatic N) is 9. The minimum absolute atomic E-state index is 0.0417. The number of thioether (sulfide) groups is 1. The van der Waals surface area contributed by atoms with Gasteiger partial charge in [-0.25, -0.2) is 15.0 Å². The highest BCUT2D eigenvalue weighted by Crippen LogP contribution is 2.34. The number of hydrogen-bond acceptors (Lipinski definition) is 13. The number of allylic oxidation sites excluding steroid dienone is 2. The van der Waals surface area contributed by atoms with E-state index < -0.39 is 17.7 Å². The molecule has 1 fully saturated rings. The van der Waals surface area contributed by atoms with Crippen LogP contribution in [0.1, 0.15) is 91.4 Å². The van der Waals surface area contributed by atoms with Crippen LogP contribution in [0.15, 0.2) is 47.4 Å². The number of thiazole rings is 1. The fourth-order valence-electron chi connectivity index (χ4n) is 8.12. The number of imidazole rings is 2. The van der Waals surface area contributed by atoms with Crippen LogP contribution < -0.4 is 26.8 Å². The lowest BCUT2D eigenvalue weighted by molar-refractivity contribution is -0.136. The number of nitrogens with one attached hydrogen (secondary N) is 2. The van der Waals surface area contributed by atoms with Crippen LogP contribution in [0.5, 0.6) is 5.75 Å². The predicted octanol–water partition coefficient (Wildman–Crippen LogP) is 5.49. The second-order valence-corrected chi connectivity index (χ2v) is 18.5. The monoisotopic (exact) mass is 951 g/mol. The number of nitrogens with two attached hydrogens (primary N) is 2. The van der Waals surface area contributed by atoms with Gasteiger partial charge >= 0.3 is 0 Å². The number of primary amides is 2. The van der Waals surface area contributed by atoms with Gasteiger partial charge in [-0.15, -0.1) is 23.1 Å². The fraction of sp³-hybridized carbons (Fsp3) is 0.413. The third kappa shape index (κ3) is 10.7. The van der Waals surface area contributed by atoms with Gasteiger partial charge < -0.3 is 30.2 Å². The molecule has 19 nitrogen and oxygen atoms in total. The van der Waals surface area contributed by atoms with Gasteiger partial charge in [-0.05, 0) is 70.2 Å². The number of ether oxygens (including phenoxy) is 1. The molecule has 6 aromatic rings. The summed E-state index contributed by atoms with van der Waals surface area (Å²) in [5.74, 6) is -1.10. The Morgan fingerprint density at radius 3 is 2.04 bits per heavy atom. The van der Waals surface area contributed by atoms with Gasteiger partial charge in [-0.2, -0.15) is 5.10 Å². The Balaban J connectivity index is 1.21. The highest BCUT2D eigenvalue weighted by Gasteiger charge is 2.25. The average Bonchev–Trinajstić information content (AvgIpc) is 4.07. The first-order chi connectivity index (χ1) is 32.1. The summed E-state index contributed by atoms with van der Waals surface area (Å²) in [7, 11) is 0. The summed E-state index contributed by atoms with van der Waals surface area (Å²) in [5.41, 5.74) is 15.8. The minimum atomic E-state index is -0.665. The number of carbonyl (C=O) groups excluding carboxylic acids is 5. The first kappa shape index (κ1) is 48.4. The van der Waals surface area contributed by atoms with Crippen LogP contribution in [0, 0.1) is 19.8 Å². The Labute approximate surface area is 396 Å². The van der Waals surface area contributed by atoms with Crippen molar-refractivity contribution in [1.82, 2.24) is 43.7 Å². The van der Waals surface area contributed by atoms with E-state index in [0.717, 1.165) is 29.5 Å². The number of carbonyl (C=O) groups is 5. The molecule has 0 radical (unpaired) electrons. The van der Waals surface area contributed by atoms with Crippen molar-refractivity contribution in [1.29, 1.82) is 0 Å². The van der Waals surface area contributed by atoms with Crippen molar-refractivity contribution < 1.29 is 28.7 Å². The number of aromatic nitrogens is 7. The molecule has 1 aliphatic rings. The van der Waals surface area contributed by atoms with Crippen molar-refractivity contribution >= 4 is 86.6 Å². The van der Waals surface area contributed by atoms with Crippen molar-refractivity contribution in [3.8, 4) is 5.75 Å². The van der Waals surface area contributed by atoms with Crippen molar-refractivity contribution in [2.24, 2.45) is 17.4 Å². The molecule has 1 saturated heterocycles. The molecular weight excluding hydrogens is 895 g/mol. The lowest BCUT2D eigenvalue weighted by Gasteiger charge is -2.35. The molecule has 0 atom stereocenters. The first-order valence-electron chi connectivity index (χ1n) is 22.2. The molecule has 67 heavy (non-hydrogen) atoms. The van der Waals surface area contributed by atoms with Crippen molar-refractivity contribution in [2.75, 3.05) is 56.2 Å². The number of benzene rings is 2. The Hall–Kier alpha value is -6.58. The third-order valence-electron chi connectivity index (χ3n) is 11.4. The minimum Gasteiger partial charge on any atom is -0.491 e. The number of hydrogen-bond donors (Lipinski definition) is 4. The molecule has 0 unspecified atom stereocenters. The summed E-state index contributed by atoms with van der Waals surface area (Å²) in [6.45, 7) is 16.1. The number of piperazine rings is 1. The van der Waals surface area contributed by atoms with E-state index in [0.29, 0.717) is 88.9 Å². The summed E-state index contributed by atoms with van der Waals surface area (Å²) >= 11 is 2.72. The molecule has 0 saturated carbocycles. The van der Waals surface area contributed by atoms with Crippen molar-refractivity contribution in [3.05, 3.63) is 80.6 Å². The molecule has 5 amide bonds. The predicted molar refractivity (Wildman–Crippen MR) is 260 cm³/mol. The van der Waals surface area contributed by atoms with Crippen molar-refractivity contribution in [2.45, 2.75) is 78.9 Å². The van der Waals surface area contributed by atoms with E-state index in [2.05, 4.69) is 25.6 Å². The lowest BCUT2D eigenvalue weighted by Crippen LogP contribution is -2.50.